The highest BCUT2D eigenvalue weighted by Gasteiger charge is 2.24. The van der Waals surface area contributed by atoms with Crippen LogP contribution in [0, 0.1) is 12.8 Å². The average Bonchev–Trinajstić information content (AvgIpc) is 2.61. The van der Waals surface area contributed by atoms with Gasteiger partial charge in [-0.1, -0.05) is 30.3 Å². The van der Waals surface area contributed by atoms with Crippen molar-refractivity contribution in [1.82, 2.24) is 4.90 Å². The van der Waals surface area contributed by atoms with Crippen LogP contribution in [0.1, 0.15) is 18.4 Å². The van der Waals surface area contributed by atoms with Crippen molar-refractivity contribution in [2.24, 2.45) is 5.92 Å². The van der Waals surface area contributed by atoms with Crippen LogP contribution in [0.5, 0.6) is 5.75 Å². The van der Waals surface area contributed by atoms with Crippen LogP contribution in [0.3, 0.4) is 0 Å². The van der Waals surface area contributed by atoms with Gasteiger partial charge >= 0.3 is 6.03 Å². The third-order valence-electron chi connectivity index (χ3n) is 4.31. The first kappa shape index (κ1) is 16.4. The number of ether oxygens (including phenoxy) is 1. The first-order chi connectivity index (χ1) is 11.7. The van der Waals surface area contributed by atoms with Crippen LogP contribution >= 0.6 is 0 Å². The summed E-state index contributed by atoms with van der Waals surface area (Å²) in [5.74, 6) is 1.28. The molecule has 0 spiro atoms. The summed E-state index contributed by atoms with van der Waals surface area (Å²) < 4.78 is 5.91. The van der Waals surface area contributed by atoms with E-state index in [1.165, 1.54) is 5.56 Å². The molecule has 1 fully saturated rings. The smallest absolute Gasteiger partial charge is 0.321 e. The highest BCUT2D eigenvalue weighted by molar-refractivity contribution is 5.89. The van der Waals surface area contributed by atoms with Gasteiger partial charge in [0.2, 0.25) is 0 Å². The molecule has 0 aliphatic carbocycles. The maximum atomic E-state index is 12.4. The van der Waals surface area contributed by atoms with Crippen molar-refractivity contribution in [2.45, 2.75) is 19.8 Å². The van der Waals surface area contributed by atoms with Crippen LogP contribution in [0.2, 0.25) is 0 Å². The number of benzene rings is 2. The molecule has 4 nitrogen and oxygen atoms in total. The summed E-state index contributed by atoms with van der Waals surface area (Å²) in [6.45, 7) is 4.26. The first-order valence-electron chi connectivity index (χ1n) is 8.51. The zero-order chi connectivity index (χ0) is 16.8. The van der Waals surface area contributed by atoms with Gasteiger partial charge in [-0.05, 0) is 49.6 Å². The van der Waals surface area contributed by atoms with Gasteiger partial charge in [-0.15, -0.1) is 0 Å². The van der Waals surface area contributed by atoms with Gasteiger partial charge in [0.05, 0.1) is 6.61 Å². The van der Waals surface area contributed by atoms with Crippen LogP contribution in [0.4, 0.5) is 10.5 Å². The summed E-state index contributed by atoms with van der Waals surface area (Å²) in [5.41, 5.74) is 2.03. The number of carbonyl (C=O) groups excluding carboxylic acids is 1. The molecule has 1 aliphatic heterocycles. The van der Waals surface area contributed by atoms with Gasteiger partial charge in [0.25, 0.3) is 0 Å². The number of anilines is 1. The van der Waals surface area contributed by atoms with E-state index < -0.39 is 0 Å². The molecule has 0 bridgehead atoms. The molecule has 2 aromatic carbocycles. The minimum atomic E-state index is -0.0264. The predicted molar refractivity (Wildman–Crippen MR) is 96.4 cm³/mol. The summed E-state index contributed by atoms with van der Waals surface area (Å²) in [5, 5.41) is 2.96. The molecule has 1 saturated heterocycles. The standard InChI is InChI=1S/C20H24N2O2/c1-16-7-5-11-19(13-16)24-15-17-8-6-12-22(14-17)20(23)21-18-9-3-2-4-10-18/h2-5,7,9-11,13,17H,6,8,12,14-15H2,1H3,(H,21,23). The van der Waals surface area contributed by atoms with Crippen molar-refractivity contribution >= 4 is 11.7 Å². The molecule has 3 rings (SSSR count). The topological polar surface area (TPSA) is 41.6 Å². The van der Waals surface area contributed by atoms with Crippen molar-refractivity contribution in [3.05, 3.63) is 60.2 Å². The number of hydrogen-bond donors (Lipinski definition) is 1. The molecule has 2 amide bonds. The number of nitrogens with zero attached hydrogens (tertiary/aromatic N) is 1. The number of para-hydroxylation sites is 1. The van der Waals surface area contributed by atoms with Gasteiger partial charge in [0, 0.05) is 24.7 Å². The van der Waals surface area contributed by atoms with Crippen molar-refractivity contribution in [3.8, 4) is 5.75 Å². The SMILES string of the molecule is Cc1cccc(OCC2CCCN(C(=O)Nc3ccccc3)C2)c1. The normalized spacial score (nSPS) is 17.4. The van der Waals surface area contributed by atoms with E-state index in [0.717, 1.165) is 37.4 Å². The Balaban J connectivity index is 1.51. The molecule has 1 heterocycles. The average molecular weight is 324 g/mol. The zero-order valence-corrected chi connectivity index (χ0v) is 14.1. The lowest BCUT2D eigenvalue weighted by Crippen LogP contribution is -2.43. The minimum Gasteiger partial charge on any atom is -0.493 e. The molecule has 24 heavy (non-hydrogen) atoms. The molecule has 1 atom stereocenters. The molecule has 1 aliphatic rings. The van der Waals surface area contributed by atoms with Gasteiger partial charge in [-0.3, -0.25) is 0 Å². The van der Waals surface area contributed by atoms with Gasteiger partial charge in [0.15, 0.2) is 0 Å². The van der Waals surface area contributed by atoms with Gasteiger partial charge in [-0.2, -0.15) is 0 Å². The van der Waals surface area contributed by atoms with E-state index in [1.807, 2.05) is 53.4 Å². The van der Waals surface area contributed by atoms with Crippen molar-refractivity contribution in [3.63, 3.8) is 0 Å². The number of hydrogen-bond acceptors (Lipinski definition) is 2. The minimum absolute atomic E-state index is 0.0264. The third-order valence-corrected chi connectivity index (χ3v) is 4.31. The van der Waals surface area contributed by atoms with Gasteiger partial charge < -0.3 is 15.0 Å². The molecule has 1 unspecified atom stereocenters. The van der Waals surface area contributed by atoms with Gasteiger partial charge in [0.1, 0.15) is 5.75 Å². The van der Waals surface area contributed by atoms with Crippen LogP contribution in [0.15, 0.2) is 54.6 Å². The Hall–Kier alpha value is -2.49. The van der Waals surface area contributed by atoms with Gasteiger partial charge in [-0.25, -0.2) is 4.79 Å². The number of carbonyl (C=O) groups is 1. The molecule has 0 radical (unpaired) electrons. The fourth-order valence-electron chi connectivity index (χ4n) is 3.03. The van der Waals surface area contributed by atoms with E-state index in [2.05, 4.69) is 18.3 Å². The monoisotopic (exact) mass is 324 g/mol. The summed E-state index contributed by atoms with van der Waals surface area (Å²) in [4.78, 5) is 14.3. The molecule has 4 heteroatoms. The second kappa shape index (κ2) is 7.86. The van der Waals surface area contributed by atoms with Crippen LogP contribution in [-0.4, -0.2) is 30.6 Å². The van der Waals surface area contributed by atoms with Crippen molar-refractivity contribution in [1.29, 1.82) is 0 Å². The van der Waals surface area contributed by atoms with Crippen molar-refractivity contribution < 1.29 is 9.53 Å². The summed E-state index contributed by atoms with van der Waals surface area (Å²) in [6.07, 6.45) is 2.12. The second-order valence-electron chi connectivity index (χ2n) is 6.38. The summed E-state index contributed by atoms with van der Waals surface area (Å²) in [7, 11) is 0. The maximum Gasteiger partial charge on any atom is 0.321 e. The number of piperidine rings is 1. The lowest BCUT2D eigenvalue weighted by Gasteiger charge is -2.32. The predicted octanol–water partition coefficient (Wildman–Crippen LogP) is 4.32. The largest absolute Gasteiger partial charge is 0.493 e. The van der Waals surface area contributed by atoms with E-state index >= 15 is 0 Å². The number of urea groups is 1. The van der Waals surface area contributed by atoms with Crippen LogP contribution < -0.4 is 10.1 Å². The number of likely N-dealkylation sites (tertiary alicyclic amines) is 1. The number of amides is 2. The van der Waals surface area contributed by atoms with E-state index in [4.69, 9.17) is 4.74 Å². The molecular weight excluding hydrogens is 300 g/mol. The Kier molecular flexibility index (Phi) is 5.36. The van der Waals surface area contributed by atoms with E-state index in [9.17, 15) is 4.79 Å². The number of nitrogens with one attached hydrogen (secondary N) is 1. The van der Waals surface area contributed by atoms with E-state index in [0.29, 0.717) is 12.5 Å². The maximum absolute atomic E-state index is 12.4. The Labute approximate surface area is 143 Å². The summed E-state index contributed by atoms with van der Waals surface area (Å²) >= 11 is 0. The molecule has 0 saturated carbocycles. The molecular formula is C20H24N2O2. The number of rotatable bonds is 4. The fourth-order valence-corrected chi connectivity index (χ4v) is 3.03. The quantitative estimate of drug-likeness (QED) is 0.910. The second-order valence-corrected chi connectivity index (χ2v) is 6.38. The molecule has 126 valence electrons. The zero-order valence-electron chi connectivity index (χ0n) is 14.1. The van der Waals surface area contributed by atoms with Crippen LogP contribution in [-0.2, 0) is 0 Å². The third kappa shape index (κ3) is 4.51. The molecule has 1 N–H and O–H groups in total. The van der Waals surface area contributed by atoms with Crippen LogP contribution in [0.25, 0.3) is 0 Å². The molecule has 0 aromatic heterocycles. The highest BCUT2D eigenvalue weighted by atomic mass is 16.5. The first-order valence-corrected chi connectivity index (χ1v) is 8.51. The van der Waals surface area contributed by atoms with E-state index in [-0.39, 0.29) is 6.03 Å². The van der Waals surface area contributed by atoms with Crippen molar-refractivity contribution in [2.75, 3.05) is 25.0 Å². The number of aryl methyl sites for hydroxylation is 1. The Bertz CT molecular complexity index is 672. The Morgan fingerprint density at radius 3 is 2.83 bits per heavy atom. The Morgan fingerprint density at radius 2 is 2.04 bits per heavy atom. The summed E-state index contributed by atoms with van der Waals surface area (Å²) in [6, 6.07) is 17.7. The molecule has 2 aromatic rings. The lowest BCUT2D eigenvalue weighted by molar-refractivity contribution is 0.145. The Morgan fingerprint density at radius 1 is 1.21 bits per heavy atom. The van der Waals surface area contributed by atoms with E-state index in [1.54, 1.807) is 0 Å². The lowest BCUT2D eigenvalue weighted by atomic mass is 9.99. The highest BCUT2D eigenvalue weighted by Crippen LogP contribution is 2.20. The fraction of sp³-hybridized carbons (Fsp3) is 0.350.